The number of aromatic nitrogens is 3. The van der Waals surface area contributed by atoms with Crippen LogP contribution < -0.4 is 0 Å². The van der Waals surface area contributed by atoms with E-state index >= 15 is 0 Å². The van der Waals surface area contributed by atoms with Crippen molar-refractivity contribution in [1.82, 2.24) is 19.4 Å². The molecule has 1 fully saturated rings. The zero-order chi connectivity index (χ0) is 16.4. The molecule has 1 atom stereocenters. The second kappa shape index (κ2) is 6.53. The summed E-state index contributed by atoms with van der Waals surface area (Å²) in [5.41, 5.74) is 1.78. The van der Waals surface area contributed by atoms with Gasteiger partial charge in [-0.25, -0.2) is 14.4 Å². The van der Waals surface area contributed by atoms with Gasteiger partial charge in [-0.05, 0) is 37.6 Å². The lowest BCUT2D eigenvalue weighted by Gasteiger charge is -2.24. The van der Waals surface area contributed by atoms with Crippen molar-refractivity contribution in [2.45, 2.75) is 25.4 Å². The maximum Gasteiger partial charge on any atom is 0.138 e. The molecule has 0 bridgehead atoms. The average molecular weight is 322 g/mol. The standard InChI is InChI=1S/C19H19FN4/c20-16-6-2-1-5-15(16)13-23-11-4-8-18(23)17-7-3-9-19(22-17)24-12-10-21-14-24/h1-3,5-7,9-10,12,14,18H,4,8,11,13H2/t18-/m0/s1. The molecule has 5 heteroatoms. The SMILES string of the molecule is Fc1ccccc1CN1CCC[C@H]1c1cccc(-n2ccnc2)n1. The Hall–Kier alpha value is -2.53. The number of imidazole rings is 1. The van der Waals surface area contributed by atoms with E-state index in [4.69, 9.17) is 4.98 Å². The van der Waals surface area contributed by atoms with Gasteiger partial charge < -0.3 is 0 Å². The molecular formula is C19H19FN4. The minimum absolute atomic E-state index is 0.136. The Kier molecular flexibility index (Phi) is 4.09. The summed E-state index contributed by atoms with van der Waals surface area (Å²) in [6.07, 6.45) is 7.54. The molecule has 3 heterocycles. The van der Waals surface area contributed by atoms with Gasteiger partial charge in [-0.1, -0.05) is 24.3 Å². The van der Waals surface area contributed by atoms with Gasteiger partial charge in [-0.2, -0.15) is 0 Å². The van der Waals surface area contributed by atoms with E-state index in [1.807, 2.05) is 35.0 Å². The molecule has 1 aliphatic heterocycles. The molecular weight excluding hydrogens is 303 g/mol. The molecule has 1 saturated heterocycles. The summed E-state index contributed by atoms with van der Waals surface area (Å²) in [6, 6.07) is 13.3. The lowest BCUT2D eigenvalue weighted by molar-refractivity contribution is 0.241. The molecule has 2 aromatic heterocycles. The van der Waals surface area contributed by atoms with Gasteiger partial charge in [-0.15, -0.1) is 0 Å². The zero-order valence-corrected chi connectivity index (χ0v) is 13.3. The maximum absolute atomic E-state index is 14.0. The van der Waals surface area contributed by atoms with Gasteiger partial charge in [0.1, 0.15) is 18.0 Å². The molecule has 0 unspecified atom stereocenters. The third-order valence-electron chi connectivity index (χ3n) is 4.56. The Morgan fingerprint density at radius 3 is 2.88 bits per heavy atom. The summed E-state index contributed by atoms with van der Waals surface area (Å²) in [4.78, 5) is 11.2. The van der Waals surface area contributed by atoms with Crippen molar-refractivity contribution < 1.29 is 4.39 Å². The smallest absolute Gasteiger partial charge is 0.138 e. The van der Waals surface area contributed by atoms with Gasteiger partial charge in [0.25, 0.3) is 0 Å². The summed E-state index contributed by atoms with van der Waals surface area (Å²) in [5.74, 6) is 0.728. The van der Waals surface area contributed by atoms with Crippen LogP contribution in [0.2, 0.25) is 0 Å². The van der Waals surface area contributed by atoms with Crippen molar-refractivity contribution >= 4 is 0 Å². The minimum Gasteiger partial charge on any atom is -0.291 e. The van der Waals surface area contributed by atoms with Crippen molar-refractivity contribution in [1.29, 1.82) is 0 Å². The number of likely N-dealkylation sites (tertiary alicyclic amines) is 1. The van der Waals surface area contributed by atoms with Gasteiger partial charge in [-0.3, -0.25) is 9.47 Å². The lowest BCUT2D eigenvalue weighted by atomic mass is 10.1. The topological polar surface area (TPSA) is 34.0 Å². The molecule has 4 nitrogen and oxygen atoms in total. The van der Waals surface area contributed by atoms with E-state index in [1.54, 1.807) is 18.6 Å². The maximum atomic E-state index is 14.0. The van der Waals surface area contributed by atoms with E-state index in [0.717, 1.165) is 36.5 Å². The highest BCUT2D eigenvalue weighted by Gasteiger charge is 2.27. The van der Waals surface area contributed by atoms with Crippen LogP contribution in [0.4, 0.5) is 4.39 Å². The van der Waals surface area contributed by atoms with Crippen LogP contribution in [0, 0.1) is 5.82 Å². The molecule has 4 rings (SSSR count). The third-order valence-corrected chi connectivity index (χ3v) is 4.56. The second-order valence-electron chi connectivity index (χ2n) is 6.11. The number of pyridine rings is 1. The van der Waals surface area contributed by atoms with E-state index in [0.29, 0.717) is 6.54 Å². The van der Waals surface area contributed by atoms with E-state index in [9.17, 15) is 4.39 Å². The van der Waals surface area contributed by atoms with Crippen molar-refractivity contribution in [3.63, 3.8) is 0 Å². The molecule has 0 radical (unpaired) electrons. The van der Waals surface area contributed by atoms with Gasteiger partial charge >= 0.3 is 0 Å². The predicted molar refractivity (Wildman–Crippen MR) is 90.1 cm³/mol. The first-order valence-electron chi connectivity index (χ1n) is 8.24. The number of rotatable bonds is 4. The van der Waals surface area contributed by atoms with Crippen LogP contribution in [0.5, 0.6) is 0 Å². The molecule has 24 heavy (non-hydrogen) atoms. The van der Waals surface area contributed by atoms with E-state index < -0.39 is 0 Å². The minimum atomic E-state index is -0.136. The Morgan fingerprint density at radius 2 is 2.04 bits per heavy atom. The van der Waals surface area contributed by atoms with Crippen molar-refractivity contribution in [2.75, 3.05) is 6.54 Å². The highest BCUT2D eigenvalue weighted by molar-refractivity contribution is 5.26. The van der Waals surface area contributed by atoms with E-state index in [-0.39, 0.29) is 11.9 Å². The predicted octanol–water partition coefficient (Wildman–Crippen LogP) is 3.74. The molecule has 0 N–H and O–H groups in total. The number of hydrogen-bond acceptors (Lipinski definition) is 3. The zero-order valence-electron chi connectivity index (χ0n) is 13.3. The quantitative estimate of drug-likeness (QED) is 0.734. The molecule has 1 aromatic carbocycles. The first-order valence-corrected chi connectivity index (χ1v) is 8.24. The van der Waals surface area contributed by atoms with Crippen LogP contribution in [-0.2, 0) is 6.54 Å². The fourth-order valence-electron chi connectivity index (χ4n) is 3.36. The highest BCUT2D eigenvalue weighted by atomic mass is 19.1. The fraction of sp³-hybridized carbons (Fsp3) is 0.263. The van der Waals surface area contributed by atoms with Gasteiger partial charge in [0.2, 0.25) is 0 Å². The van der Waals surface area contributed by atoms with Crippen LogP contribution in [0.15, 0.2) is 61.2 Å². The normalized spacial score (nSPS) is 18.1. The molecule has 0 spiro atoms. The average Bonchev–Trinajstić information content (AvgIpc) is 3.29. The Morgan fingerprint density at radius 1 is 1.12 bits per heavy atom. The van der Waals surface area contributed by atoms with Crippen molar-refractivity contribution in [3.05, 3.63) is 78.3 Å². The second-order valence-corrected chi connectivity index (χ2v) is 6.11. The molecule has 0 amide bonds. The molecule has 1 aliphatic rings. The van der Waals surface area contributed by atoms with Crippen LogP contribution >= 0.6 is 0 Å². The monoisotopic (exact) mass is 322 g/mol. The Bertz CT molecular complexity index is 816. The number of hydrogen-bond donors (Lipinski definition) is 0. The fourth-order valence-corrected chi connectivity index (χ4v) is 3.36. The first kappa shape index (κ1) is 15.0. The number of benzene rings is 1. The van der Waals surface area contributed by atoms with Gasteiger partial charge in [0, 0.05) is 24.5 Å². The Balaban J connectivity index is 1.59. The van der Waals surface area contributed by atoms with E-state index in [1.165, 1.54) is 6.07 Å². The van der Waals surface area contributed by atoms with Crippen LogP contribution in [0.3, 0.4) is 0 Å². The van der Waals surface area contributed by atoms with Gasteiger partial charge in [0.15, 0.2) is 0 Å². The molecule has 0 aliphatic carbocycles. The largest absolute Gasteiger partial charge is 0.291 e. The number of nitrogens with zero attached hydrogens (tertiary/aromatic N) is 4. The summed E-state index contributed by atoms with van der Waals surface area (Å²) < 4.78 is 15.9. The molecule has 122 valence electrons. The van der Waals surface area contributed by atoms with Crippen molar-refractivity contribution in [2.24, 2.45) is 0 Å². The summed E-state index contributed by atoms with van der Waals surface area (Å²) in [6.45, 7) is 1.59. The molecule has 3 aromatic rings. The highest BCUT2D eigenvalue weighted by Crippen LogP contribution is 2.32. The summed E-state index contributed by atoms with van der Waals surface area (Å²) >= 11 is 0. The van der Waals surface area contributed by atoms with Crippen LogP contribution in [-0.4, -0.2) is 26.0 Å². The summed E-state index contributed by atoms with van der Waals surface area (Å²) in [7, 11) is 0. The van der Waals surface area contributed by atoms with E-state index in [2.05, 4.69) is 16.0 Å². The number of halogens is 1. The lowest BCUT2D eigenvalue weighted by Crippen LogP contribution is -2.24. The Labute approximate surface area is 140 Å². The summed E-state index contributed by atoms with van der Waals surface area (Å²) in [5, 5.41) is 0. The first-order chi connectivity index (χ1) is 11.8. The van der Waals surface area contributed by atoms with Crippen LogP contribution in [0.25, 0.3) is 5.82 Å². The van der Waals surface area contributed by atoms with Crippen LogP contribution in [0.1, 0.15) is 30.1 Å². The van der Waals surface area contributed by atoms with Crippen molar-refractivity contribution in [3.8, 4) is 5.82 Å². The molecule has 0 saturated carbocycles. The van der Waals surface area contributed by atoms with Gasteiger partial charge in [0.05, 0.1) is 11.7 Å². The third kappa shape index (κ3) is 2.95.